The van der Waals surface area contributed by atoms with E-state index in [1.807, 2.05) is 18.1 Å². The van der Waals surface area contributed by atoms with E-state index >= 15 is 0 Å². The molecule has 0 spiro atoms. The Morgan fingerprint density at radius 2 is 2.10 bits per heavy atom. The van der Waals surface area contributed by atoms with Gasteiger partial charge in [-0.25, -0.2) is 0 Å². The average molecular weight is 343 g/mol. The van der Waals surface area contributed by atoms with Crippen molar-refractivity contribution in [3.8, 4) is 0 Å². The molecular formula is C13H19BrN4O2. The number of amides is 2. The average Bonchev–Trinajstić information content (AvgIpc) is 2.70. The van der Waals surface area contributed by atoms with Crippen LogP contribution in [0.2, 0.25) is 0 Å². The SMILES string of the molecule is Cn1cc(Br)cc1C(=O)NC1CCN(CC(N)=O)CC1. The van der Waals surface area contributed by atoms with E-state index in [1.54, 1.807) is 10.6 Å². The maximum Gasteiger partial charge on any atom is 0.268 e. The van der Waals surface area contributed by atoms with Crippen LogP contribution in [0.25, 0.3) is 0 Å². The third kappa shape index (κ3) is 3.83. The molecule has 20 heavy (non-hydrogen) atoms. The van der Waals surface area contributed by atoms with Gasteiger partial charge in [-0.05, 0) is 34.8 Å². The number of carbonyl (C=O) groups is 2. The van der Waals surface area contributed by atoms with E-state index in [4.69, 9.17) is 5.73 Å². The molecule has 1 aromatic heterocycles. The molecule has 0 saturated carbocycles. The number of nitrogens with zero attached hydrogens (tertiary/aromatic N) is 2. The van der Waals surface area contributed by atoms with Gasteiger partial charge in [-0.15, -0.1) is 0 Å². The van der Waals surface area contributed by atoms with Gasteiger partial charge in [0.15, 0.2) is 0 Å². The molecule has 1 aliphatic heterocycles. The summed E-state index contributed by atoms with van der Waals surface area (Å²) in [5, 5.41) is 3.04. The molecule has 6 nitrogen and oxygen atoms in total. The van der Waals surface area contributed by atoms with E-state index in [2.05, 4.69) is 21.2 Å². The zero-order valence-electron chi connectivity index (χ0n) is 11.4. The first kappa shape index (κ1) is 15.1. The Balaban J connectivity index is 1.85. The molecular weight excluding hydrogens is 324 g/mol. The van der Waals surface area contributed by atoms with Crippen molar-refractivity contribution in [1.82, 2.24) is 14.8 Å². The van der Waals surface area contributed by atoms with Crippen LogP contribution in [0.1, 0.15) is 23.3 Å². The van der Waals surface area contributed by atoms with Gasteiger partial charge in [0, 0.05) is 36.8 Å². The van der Waals surface area contributed by atoms with Gasteiger partial charge in [-0.3, -0.25) is 14.5 Å². The summed E-state index contributed by atoms with van der Waals surface area (Å²) in [5.41, 5.74) is 5.81. The molecule has 2 rings (SSSR count). The largest absolute Gasteiger partial charge is 0.369 e. The lowest BCUT2D eigenvalue weighted by Crippen LogP contribution is -2.46. The summed E-state index contributed by atoms with van der Waals surface area (Å²) in [4.78, 5) is 25.0. The summed E-state index contributed by atoms with van der Waals surface area (Å²) >= 11 is 3.36. The number of nitrogens with one attached hydrogen (secondary N) is 1. The highest BCUT2D eigenvalue weighted by Crippen LogP contribution is 2.15. The van der Waals surface area contributed by atoms with Gasteiger partial charge in [0.1, 0.15) is 5.69 Å². The summed E-state index contributed by atoms with van der Waals surface area (Å²) < 4.78 is 2.68. The maximum absolute atomic E-state index is 12.2. The Morgan fingerprint density at radius 3 is 2.60 bits per heavy atom. The zero-order valence-corrected chi connectivity index (χ0v) is 13.0. The van der Waals surface area contributed by atoms with Gasteiger partial charge < -0.3 is 15.6 Å². The highest BCUT2D eigenvalue weighted by atomic mass is 79.9. The van der Waals surface area contributed by atoms with Crippen molar-refractivity contribution < 1.29 is 9.59 Å². The van der Waals surface area contributed by atoms with Gasteiger partial charge in [0.2, 0.25) is 5.91 Å². The minimum Gasteiger partial charge on any atom is -0.369 e. The van der Waals surface area contributed by atoms with Crippen LogP contribution in [-0.2, 0) is 11.8 Å². The van der Waals surface area contributed by atoms with Crippen LogP contribution >= 0.6 is 15.9 Å². The standard InChI is InChI=1S/C13H19BrN4O2/c1-17-7-9(14)6-11(17)13(20)16-10-2-4-18(5-3-10)8-12(15)19/h6-7,10H,2-5,8H2,1H3,(H2,15,19)(H,16,20). The van der Waals surface area contributed by atoms with E-state index < -0.39 is 0 Å². The minimum absolute atomic E-state index is 0.0634. The lowest BCUT2D eigenvalue weighted by molar-refractivity contribution is -0.119. The predicted octanol–water partition coefficient (Wildman–Crippen LogP) is 0.467. The first-order valence-corrected chi connectivity index (χ1v) is 7.38. The molecule has 110 valence electrons. The van der Waals surface area contributed by atoms with Crippen molar-refractivity contribution in [3.63, 3.8) is 0 Å². The highest BCUT2D eigenvalue weighted by Gasteiger charge is 2.22. The Labute approximate surface area is 126 Å². The molecule has 0 aromatic carbocycles. The topological polar surface area (TPSA) is 80.4 Å². The monoisotopic (exact) mass is 342 g/mol. The smallest absolute Gasteiger partial charge is 0.268 e. The van der Waals surface area contributed by atoms with Gasteiger partial charge in [-0.1, -0.05) is 0 Å². The van der Waals surface area contributed by atoms with Crippen molar-refractivity contribution in [2.45, 2.75) is 18.9 Å². The van der Waals surface area contributed by atoms with Gasteiger partial charge in [-0.2, -0.15) is 0 Å². The molecule has 0 radical (unpaired) electrons. The summed E-state index contributed by atoms with van der Waals surface area (Å²) in [5.74, 6) is -0.368. The highest BCUT2D eigenvalue weighted by molar-refractivity contribution is 9.10. The van der Waals surface area contributed by atoms with Crippen LogP contribution in [0.15, 0.2) is 16.7 Å². The van der Waals surface area contributed by atoms with Gasteiger partial charge >= 0.3 is 0 Å². The Hall–Kier alpha value is -1.34. The number of hydrogen-bond donors (Lipinski definition) is 2. The molecule has 1 fully saturated rings. The minimum atomic E-state index is -0.304. The van der Waals surface area contributed by atoms with E-state index in [0.29, 0.717) is 12.2 Å². The first-order chi connectivity index (χ1) is 9.45. The number of hydrogen-bond acceptors (Lipinski definition) is 3. The Kier molecular flexibility index (Phi) is 4.82. The van der Waals surface area contributed by atoms with Crippen molar-refractivity contribution in [2.24, 2.45) is 12.8 Å². The number of primary amides is 1. The van der Waals surface area contributed by atoms with Crippen molar-refractivity contribution in [1.29, 1.82) is 0 Å². The fraction of sp³-hybridized carbons (Fsp3) is 0.538. The Bertz CT molecular complexity index is 506. The molecule has 1 aromatic rings. The number of piperidine rings is 1. The zero-order chi connectivity index (χ0) is 14.7. The fourth-order valence-corrected chi connectivity index (χ4v) is 2.99. The van der Waals surface area contributed by atoms with Crippen LogP contribution < -0.4 is 11.1 Å². The molecule has 0 atom stereocenters. The number of carbonyl (C=O) groups excluding carboxylic acids is 2. The van der Waals surface area contributed by atoms with Crippen LogP contribution in [0.4, 0.5) is 0 Å². The summed E-state index contributed by atoms with van der Waals surface area (Å²) in [6, 6.07) is 1.96. The summed E-state index contributed by atoms with van der Waals surface area (Å²) in [7, 11) is 1.84. The lowest BCUT2D eigenvalue weighted by Gasteiger charge is -2.31. The van der Waals surface area contributed by atoms with Crippen molar-refractivity contribution in [3.05, 3.63) is 22.4 Å². The molecule has 7 heteroatoms. The van der Waals surface area contributed by atoms with Gasteiger partial charge in [0.05, 0.1) is 6.54 Å². The lowest BCUT2D eigenvalue weighted by atomic mass is 10.0. The first-order valence-electron chi connectivity index (χ1n) is 6.59. The van der Waals surface area contributed by atoms with Crippen LogP contribution in [-0.4, -0.2) is 47.0 Å². The van der Waals surface area contributed by atoms with Crippen LogP contribution in [0.5, 0.6) is 0 Å². The molecule has 3 N–H and O–H groups in total. The van der Waals surface area contributed by atoms with Crippen LogP contribution in [0.3, 0.4) is 0 Å². The van der Waals surface area contributed by atoms with Crippen LogP contribution in [0, 0.1) is 0 Å². The van der Waals surface area contributed by atoms with Crippen molar-refractivity contribution in [2.75, 3.05) is 19.6 Å². The second-order valence-electron chi connectivity index (χ2n) is 5.14. The molecule has 2 amide bonds. The molecule has 0 aliphatic carbocycles. The quantitative estimate of drug-likeness (QED) is 0.834. The number of aromatic nitrogens is 1. The molecule has 0 unspecified atom stereocenters. The van der Waals surface area contributed by atoms with E-state index in [1.165, 1.54) is 0 Å². The second-order valence-corrected chi connectivity index (χ2v) is 6.06. The van der Waals surface area contributed by atoms with Crippen molar-refractivity contribution >= 4 is 27.7 Å². The molecule has 1 aliphatic rings. The summed E-state index contributed by atoms with van der Waals surface area (Å²) in [6.45, 7) is 1.86. The molecule has 0 bridgehead atoms. The maximum atomic E-state index is 12.2. The molecule has 2 heterocycles. The fourth-order valence-electron chi connectivity index (χ4n) is 2.47. The Morgan fingerprint density at radius 1 is 1.45 bits per heavy atom. The normalized spacial score (nSPS) is 17.1. The van der Waals surface area contributed by atoms with E-state index in [9.17, 15) is 9.59 Å². The van der Waals surface area contributed by atoms with E-state index in [-0.39, 0.29) is 17.9 Å². The number of likely N-dealkylation sites (tertiary alicyclic amines) is 1. The molecule has 1 saturated heterocycles. The predicted molar refractivity (Wildman–Crippen MR) is 79.2 cm³/mol. The third-order valence-electron chi connectivity index (χ3n) is 3.51. The second kappa shape index (κ2) is 6.41. The number of rotatable bonds is 4. The van der Waals surface area contributed by atoms with E-state index in [0.717, 1.165) is 30.4 Å². The third-order valence-corrected chi connectivity index (χ3v) is 3.94. The number of aryl methyl sites for hydroxylation is 1. The number of halogens is 1. The van der Waals surface area contributed by atoms with Gasteiger partial charge in [0.25, 0.3) is 5.91 Å². The summed E-state index contributed by atoms with van der Waals surface area (Å²) in [6.07, 6.45) is 3.53. The number of nitrogens with two attached hydrogens (primary N) is 1.